The maximum Gasteiger partial charge on any atom is 0.401 e. The van der Waals surface area contributed by atoms with Gasteiger partial charge in [0.1, 0.15) is 0 Å². The number of hydrogen-bond donors (Lipinski definition) is 1. The van der Waals surface area contributed by atoms with E-state index < -0.39 is 12.7 Å². The highest BCUT2D eigenvalue weighted by Crippen LogP contribution is 2.16. The maximum atomic E-state index is 12.2. The molecule has 0 aliphatic heterocycles. The topological polar surface area (TPSA) is 24.5 Å². The van der Waals surface area contributed by atoms with E-state index in [1.54, 1.807) is 14.2 Å². The van der Waals surface area contributed by atoms with E-state index in [-0.39, 0.29) is 0 Å². The van der Waals surface area contributed by atoms with Gasteiger partial charge in [-0.2, -0.15) is 13.2 Å². The highest BCUT2D eigenvalue weighted by atomic mass is 19.4. The summed E-state index contributed by atoms with van der Waals surface area (Å²) >= 11 is 0. The second-order valence-corrected chi connectivity index (χ2v) is 3.69. The summed E-state index contributed by atoms with van der Waals surface area (Å²) in [5, 5.41) is 2.85. The number of rotatable bonds is 9. The van der Waals surface area contributed by atoms with Crippen LogP contribution in [0.15, 0.2) is 0 Å². The van der Waals surface area contributed by atoms with Gasteiger partial charge in [-0.15, -0.1) is 0 Å². The third kappa shape index (κ3) is 10.2. The average Bonchev–Trinajstić information content (AvgIpc) is 2.18. The first-order chi connectivity index (χ1) is 7.49. The zero-order valence-electron chi connectivity index (χ0n) is 9.94. The van der Waals surface area contributed by atoms with Crippen molar-refractivity contribution < 1.29 is 17.9 Å². The Morgan fingerprint density at radius 1 is 1.19 bits per heavy atom. The van der Waals surface area contributed by atoms with E-state index in [1.165, 1.54) is 4.90 Å². The molecule has 16 heavy (non-hydrogen) atoms. The van der Waals surface area contributed by atoms with Crippen LogP contribution >= 0.6 is 0 Å². The lowest BCUT2D eigenvalue weighted by Gasteiger charge is -2.23. The SMILES string of the molecule is CNCCN(CCCCOC)CC(F)(F)F. The van der Waals surface area contributed by atoms with Crippen molar-refractivity contribution >= 4 is 0 Å². The monoisotopic (exact) mass is 242 g/mol. The molecule has 0 heterocycles. The number of methoxy groups -OCH3 is 1. The van der Waals surface area contributed by atoms with Crippen LogP contribution < -0.4 is 5.32 Å². The van der Waals surface area contributed by atoms with Gasteiger partial charge >= 0.3 is 6.18 Å². The van der Waals surface area contributed by atoms with Crippen molar-refractivity contribution in [3.63, 3.8) is 0 Å². The molecular weight excluding hydrogens is 221 g/mol. The fraction of sp³-hybridized carbons (Fsp3) is 1.00. The van der Waals surface area contributed by atoms with Crippen LogP contribution in [0.3, 0.4) is 0 Å². The van der Waals surface area contributed by atoms with E-state index in [1.807, 2.05) is 0 Å². The van der Waals surface area contributed by atoms with Gasteiger partial charge < -0.3 is 10.1 Å². The minimum absolute atomic E-state index is 0.420. The molecule has 0 bridgehead atoms. The van der Waals surface area contributed by atoms with Crippen molar-refractivity contribution in [3.8, 4) is 0 Å². The molecule has 0 fully saturated rings. The van der Waals surface area contributed by atoms with Crippen LogP contribution in [0.4, 0.5) is 13.2 Å². The van der Waals surface area contributed by atoms with Gasteiger partial charge in [0.15, 0.2) is 0 Å². The molecule has 0 rings (SSSR count). The maximum absolute atomic E-state index is 12.2. The molecule has 0 spiro atoms. The zero-order chi connectivity index (χ0) is 12.4. The van der Waals surface area contributed by atoms with Gasteiger partial charge in [0.2, 0.25) is 0 Å². The molecule has 0 aliphatic carbocycles. The summed E-state index contributed by atoms with van der Waals surface area (Å²) in [7, 11) is 3.32. The van der Waals surface area contributed by atoms with Crippen molar-refractivity contribution in [3.05, 3.63) is 0 Å². The number of nitrogens with zero attached hydrogens (tertiary/aromatic N) is 1. The van der Waals surface area contributed by atoms with E-state index in [0.717, 1.165) is 12.8 Å². The zero-order valence-corrected chi connectivity index (χ0v) is 9.94. The molecule has 98 valence electrons. The Hall–Kier alpha value is -0.330. The van der Waals surface area contributed by atoms with Crippen LogP contribution in [0.5, 0.6) is 0 Å². The predicted molar refractivity (Wildman–Crippen MR) is 57.5 cm³/mol. The van der Waals surface area contributed by atoms with Gasteiger partial charge in [-0.1, -0.05) is 0 Å². The third-order valence-electron chi connectivity index (χ3n) is 2.15. The van der Waals surface area contributed by atoms with Gasteiger partial charge in [-0.05, 0) is 26.4 Å². The van der Waals surface area contributed by atoms with Gasteiger partial charge in [-0.25, -0.2) is 0 Å². The smallest absolute Gasteiger partial charge is 0.385 e. The molecule has 0 unspecified atom stereocenters. The fourth-order valence-electron chi connectivity index (χ4n) is 1.38. The van der Waals surface area contributed by atoms with E-state index in [4.69, 9.17) is 4.74 Å². The normalized spacial score (nSPS) is 12.4. The number of halogens is 3. The quantitative estimate of drug-likeness (QED) is 0.620. The molecule has 0 aromatic rings. The minimum Gasteiger partial charge on any atom is -0.385 e. The van der Waals surface area contributed by atoms with Crippen LogP contribution in [0.2, 0.25) is 0 Å². The molecule has 0 saturated carbocycles. The molecule has 0 aliphatic rings. The summed E-state index contributed by atoms with van der Waals surface area (Å²) < 4.78 is 41.5. The fourth-order valence-corrected chi connectivity index (χ4v) is 1.38. The lowest BCUT2D eigenvalue weighted by atomic mass is 10.3. The van der Waals surface area contributed by atoms with Crippen molar-refractivity contribution in [2.75, 3.05) is 46.9 Å². The number of likely N-dealkylation sites (N-methyl/N-ethyl adjacent to an activating group) is 1. The summed E-state index contributed by atoms with van der Waals surface area (Å²) in [6.45, 7) is 1.22. The lowest BCUT2D eigenvalue weighted by Crippen LogP contribution is -2.38. The first-order valence-corrected chi connectivity index (χ1v) is 5.42. The largest absolute Gasteiger partial charge is 0.401 e. The van der Waals surface area contributed by atoms with Crippen LogP contribution in [-0.2, 0) is 4.74 Å². The lowest BCUT2D eigenvalue weighted by molar-refractivity contribution is -0.145. The van der Waals surface area contributed by atoms with E-state index in [0.29, 0.717) is 26.2 Å². The van der Waals surface area contributed by atoms with Crippen LogP contribution in [-0.4, -0.2) is 58.0 Å². The predicted octanol–water partition coefficient (Wildman–Crippen LogP) is 1.50. The van der Waals surface area contributed by atoms with Crippen LogP contribution in [0.25, 0.3) is 0 Å². The van der Waals surface area contributed by atoms with Gasteiger partial charge in [0.25, 0.3) is 0 Å². The summed E-state index contributed by atoms with van der Waals surface area (Å²) in [6, 6.07) is 0. The van der Waals surface area contributed by atoms with E-state index in [2.05, 4.69) is 5.32 Å². The Morgan fingerprint density at radius 3 is 2.38 bits per heavy atom. The molecule has 0 amide bonds. The number of ether oxygens (including phenoxy) is 1. The number of nitrogens with one attached hydrogen (secondary N) is 1. The summed E-state index contributed by atoms with van der Waals surface area (Å²) in [4.78, 5) is 1.42. The van der Waals surface area contributed by atoms with Crippen molar-refractivity contribution in [1.29, 1.82) is 0 Å². The van der Waals surface area contributed by atoms with Crippen LogP contribution in [0.1, 0.15) is 12.8 Å². The highest BCUT2D eigenvalue weighted by molar-refractivity contribution is 4.64. The van der Waals surface area contributed by atoms with E-state index >= 15 is 0 Å². The van der Waals surface area contributed by atoms with Crippen molar-refractivity contribution in [2.24, 2.45) is 0 Å². The molecule has 0 saturated heterocycles. The molecule has 0 radical (unpaired) electrons. The highest BCUT2D eigenvalue weighted by Gasteiger charge is 2.30. The second kappa shape index (κ2) is 8.78. The Bertz CT molecular complexity index is 165. The third-order valence-corrected chi connectivity index (χ3v) is 2.15. The molecule has 6 heteroatoms. The molecule has 0 aromatic carbocycles. The number of alkyl halides is 3. The van der Waals surface area contributed by atoms with Crippen molar-refractivity contribution in [2.45, 2.75) is 19.0 Å². The first kappa shape index (κ1) is 15.7. The average molecular weight is 242 g/mol. The molecular formula is C10H21F3N2O. The van der Waals surface area contributed by atoms with Gasteiger partial charge in [0, 0.05) is 26.8 Å². The molecule has 0 aromatic heterocycles. The second-order valence-electron chi connectivity index (χ2n) is 3.69. The summed E-state index contributed by atoms with van der Waals surface area (Å²) in [5.74, 6) is 0. The minimum atomic E-state index is -4.12. The standard InChI is InChI=1S/C10H21F3N2O/c1-14-5-7-15(9-10(11,12)13)6-3-4-8-16-2/h14H,3-9H2,1-2H3. The first-order valence-electron chi connectivity index (χ1n) is 5.42. The number of unbranched alkanes of at least 4 members (excludes halogenated alkanes) is 1. The Balaban J connectivity index is 3.81. The Kier molecular flexibility index (Phi) is 8.60. The number of hydrogen-bond acceptors (Lipinski definition) is 3. The van der Waals surface area contributed by atoms with E-state index in [9.17, 15) is 13.2 Å². The molecule has 1 N–H and O–H groups in total. The molecule has 3 nitrogen and oxygen atoms in total. The summed E-state index contributed by atoms with van der Waals surface area (Å²) in [6.07, 6.45) is -2.59. The van der Waals surface area contributed by atoms with Gasteiger partial charge in [-0.3, -0.25) is 4.90 Å². The Morgan fingerprint density at radius 2 is 1.88 bits per heavy atom. The Labute approximate surface area is 94.9 Å². The van der Waals surface area contributed by atoms with Crippen LogP contribution in [0, 0.1) is 0 Å². The molecule has 0 atom stereocenters. The summed E-state index contributed by atoms with van der Waals surface area (Å²) in [5.41, 5.74) is 0. The van der Waals surface area contributed by atoms with Gasteiger partial charge in [0.05, 0.1) is 6.54 Å². The van der Waals surface area contributed by atoms with Crippen molar-refractivity contribution in [1.82, 2.24) is 10.2 Å².